The maximum absolute atomic E-state index is 11.3. The maximum atomic E-state index is 11.3. The Kier molecular flexibility index (Phi) is 3.35. The summed E-state index contributed by atoms with van der Waals surface area (Å²) in [7, 11) is 0. The molecule has 0 aliphatic heterocycles. The van der Waals surface area contributed by atoms with Crippen molar-refractivity contribution in [1.29, 1.82) is 0 Å². The van der Waals surface area contributed by atoms with E-state index in [2.05, 4.69) is 16.4 Å². The number of aryl methyl sites for hydroxylation is 2. The molecule has 3 aromatic rings. The van der Waals surface area contributed by atoms with E-state index in [0.717, 1.165) is 15.8 Å². The second kappa shape index (κ2) is 5.18. The Morgan fingerprint density at radius 3 is 2.62 bits per heavy atom. The van der Waals surface area contributed by atoms with Crippen molar-refractivity contribution in [2.45, 2.75) is 13.8 Å². The fourth-order valence-electron chi connectivity index (χ4n) is 2.14. The smallest absolute Gasteiger partial charge is 0.337 e. The number of rotatable bonds is 3. The molecule has 0 bridgehead atoms. The third-order valence-electron chi connectivity index (χ3n) is 3.19. The summed E-state index contributed by atoms with van der Waals surface area (Å²) in [6, 6.07) is 11.4. The third kappa shape index (κ3) is 2.73. The molecule has 2 N–H and O–H groups in total. The first-order valence-electron chi connectivity index (χ1n) is 6.51. The van der Waals surface area contributed by atoms with Crippen molar-refractivity contribution < 1.29 is 9.90 Å². The summed E-state index contributed by atoms with van der Waals surface area (Å²) in [5, 5.41) is 13.1. The van der Waals surface area contributed by atoms with E-state index in [-0.39, 0.29) is 5.56 Å². The highest BCUT2D eigenvalue weighted by molar-refractivity contribution is 7.22. The number of fused-ring (bicyclic) bond motifs is 1. The summed E-state index contributed by atoms with van der Waals surface area (Å²) < 4.78 is 1.08. The van der Waals surface area contributed by atoms with Gasteiger partial charge in [-0.25, -0.2) is 9.78 Å². The van der Waals surface area contributed by atoms with Gasteiger partial charge in [-0.05, 0) is 43.7 Å². The molecule has 0 radical (unpaired) electrons. The van der Waals surface area contributed by atoms with Crippen LogP contribution in [-0.2, 0) is 0 Å². The lowest BCUT2D eigenvalue weighted by atomic mass is 10.1. The average molecular weight is 298 g/mol. The Morgan fingerprint density at radius 2 is 1.86 bits per heavy atom. The topological polar surface area (TPSA) is 62.2 Å². The van der Waals surface area contributed by atoms with Crippen LogP contribution in [0.5, 0.6) is 0 Å². The largest absolute Gasteiger partial charge is 0.478 e. The summed E-state index contributed by atoms with van der Waals surface area (Å²) in [4.78, 5) is 15.8. The first-order chi connectivity index (χ1) is 10.0. The van der Waals surface area contributed by atoms with Crippen molar-refractivity contribution in [3.8, 4) is 0 Å². The highest BCUT2D eigenvalue weighted by Gasteiger charge is 2.12. The Balaban J connectivity index is 2.00. The summed E-state index contributed by atoms with van der Waals surface area (Å²) in [5.41, 5.74) is 3.82. The lowest BCUT2D eigenvalue weighted by Crippen LogP contribution is -2.02. The van der Waals surface area contributed by atoms with Crippen molar-refractivity contribution >= 4 is 38.3 Å². The molecule has 0 fully saturated rings. The molecular weight excluding hydrogens is 284 g/mol. The molecule has 4 nitrogen and oxygen atoms in total. The van der Waals surface area contributed by atoms with Crippen LogP contribution in [0.25, 0.3) is 10.2 Å². The number of nitrogens with zero attached hydrogens (tertiary/aromatic N) is 1. The van der Waals surface area contributed by atoms with Crippen molar-refractivity contribution in [3.05, 3.63) is 53.1 Å². The summed E-state index contributed by atoms with van der Waals surface area (Å²) >= 11 is 1.52. The van der Waals surface area contributed by atoms with Gasteiger partial charge in [0.2, 0.25) is 0 Å². The van der Waals surface area contributed by atoms with Gasteiger partial charge in [0, 0.05) is 0 Å². The highest BCUT2D eigenvalue weighted by Crippen LogP contribution is 2.30. The van der Waals surface area contributed by atoms with Crippen molar-refractivity contribution in [2.24, 2.45) is 0 Å². The van der Waals surface area contributed by atoms with Crippen LogP contribution in [0.15, 0.2) is 36.4 Å². The van der Waals surface area contributed by atoms with E-state index in [4.69, 9.17) is 0 Å². The van der Waals surface area contributed by atoms with Gasteiger partial charge in [-0.15, -0.1) is 0 Å². The molecule has 0 atom stereocenters. The van der Waals surface area contributed by atoms with E-state index in [1.54, 1.807) is 12.1 Å². The summed E-state index contributed by atoms with van der Waals surface area (Å²) in [6.45, 7) is 3.91. The maximum Gasteiger partial charge on any atom is 0.337 e. The molecule has 0 aliphatic rings. The first kappa shape index (κ1) is 13.6. The zero-order valence-corrected chi connectivity index (χ0v) is 12.5. The quantitative estimate of drug-likeness (QED) is 0.754. The second-order valence-corrected chi connectivity index (χ2v) is 6.00. The zero-order chi connectivity index (χ0) is 15.0. The standard InChI is InChI=1S/C16H14N2O2S/c1-9-3-5-12(11(7-9)15(19)20)17-16-18-13-6-4-10(2)8-14(13)21-16/h3-8H,1-2H3,(H,17,18)(H,19,20). The normalized spacial score (nSPS) is 10.8. The minimum atomic E-state index is -0.946. The molecule has 1 heterocycles. The molecule has 3 rings (SSSR count). The molecule has 21 heavy (non-hydrogen) atoms. The van der Waals surface area contributed by atoms with E-state index in [9.17, 15) is 9.90 Å². The van der Waals surface area contributed by atoms with Crippen LogP contribution < -0.4 is 5.32 Å². The van der Waals surface area contributed by atoms with Crippen LogP contribution in [-0.4, -0.2) is 16.1 Å². The van der Waals surface area contributed by atoms with Crippen molar-refractivity contribution in [1.82, 2.24) is 4.98 Å². The van der Waals surface area contributed by atoms with Gasteiger partial charge in [-0.3, -0.25) is 0 Å². The van der Waals surface area contributed by atoms with Crippen LogP contribution in [0.4, 0.5) is 10.8 Å². The zero-order valence-electron chi connectivity index (χ0n) is 11.7. The molecule has 2 aromatic carbocycles. The summed E-state index contributed by atoms with van der Waals surface area (Å²) in [5.74, 6) is -0.946. The molecule has 0 saturated carbocycles. The number of anilines is 2. The van der Waals surface area contributed by atoms with Crippen LogP contribution in [0.3, 0.4) is 0 Å². The van der Waals surface area contributed by atoms with Gasteiger partial charge >= 0.3 is 5.97 Å². The van der Waals surface area contributed by atoms with Gasteiger partial charge in [0.15, 0.2) is 5.13 Å². The molecule has 0 spiro atoms. The van der Waals surface area contributed by atoms with E-state index in [0.29, 0.717) is 10.8 Å². The number of thiazole rings is 1. The predicted octanol–water partition coefficient (Wildman–Crippen LogP) is 4.35. The van der Waals surface area contributed by atoms with Crippen LogP contribution in [0.2, 0.25) is 0 Å². The number of carboxylic acids is 1. The number of aromatic carboxylic acids is 1. The number of hydrogen-bond acceptors (Lipinski definition) is 4. The number of carboxylic acid groups (broad SMARTS) is 1. The average Bonchev–Trinajstić information content (AvgIpc) is 2.82. The minimum absolute atomic E-state index is 0.255. The van der Waals surface area contributed by atoms with E-state index >= 15 is 0 Å². The van der Waals surface area contributed by atoms with Gasteiger partial charge in [-0.2, -0.15) is 0 Å². The summed E-state index contributed by atoms with van der Waals surface area (Å²) in [6.07, 6.45) is 0. The van der Waals surface area contributed by atoms with Crippen LogP contribution in [0, 0.1) is 13.8 Å². The SMILES string of the molecule is Cc1ccc(Nc2nc3ccc(C)cc3s2)c(C(=O)O)c1. The molecule has 0 amide bonds. The molecule has 5 heteroatoms. The fraction of sp³-hybridized carbons (Fsp3) is 0.125. The number of nitrogens with one attached hydrogen (secondary N) is 1. The van der Waals surface area contributed by atoms with Crippen LogP contribution in [0.1, 0.15) is 21.5 Å². The molecule has 106 valence electrons. The number of carbonyl (C=O) groups is 1. The van der Waals surface area contributed by atoms with Gasteiger partial charge in [0.1, 0.15) is 0 Å². The molecule has 0 saturated heterocycles. The van der Waals surface area contributed by atoms with Gasteiger partial charge in [0.05, 0.1) is 21.5 Å². The number of hydrogen-bond donors (Lipinski definition) is 2. The molecular formula is C16H14N2O2S. The fourth-order valence-corrected chi connectivity index (χ4v) is 3.12. The lowest BCUT2D eigenvalue weighted by Gasteiger charge is -2.07. The molecule has 0 aliphatic carbocycles. The Hall–Kier alpha value is -2.40. The lowest BCUT2D eigenvalue weighted by molar-refractivity contribution is 0.0698. The third-order valence-corrected chi connectivity index (χ3v) is 4.12. The minimum Gasteiger partial charge on any atom is -0.478 e. The van der Waals surface area contributed by atoms with Crippen molar-refractivity contribution in [3.63, 3.8) is 0 Å². The van der Waals surface area contributed by atoms with E-state index < -0.39 is 5.97 Å². The van der Waals surface area contributed by atoms with Crippen LogP contribution >= 0.6 is 11.3 Å². The van der Waals surface area contributed by atoms with E-state index in [1.165, 1.54) is 16.9 Å². The van der Waals surface area contributed by atoms with Crippen molar-refractivity contribution in [2.75, 3.05) is 5.32 Å². The predicted molar refractivity (Wildman–Crippen MR) is 85.8 cm³/mol. The highest BCUT2D eigenvalue weighted by atomic mass is 32.1. The number of aromatic nitrogens is 1. The Labute approximate surface area is 126 Å². The van der Waals surface area contributed by atoms with Gasteiger partial charge in [-0.1, -0.05) is 29.0 Å². The number of benzene rings is 2. The Bertz CT molecular complexity index is 839. The first-order valence-corrected chi connectivity index (χ1v) is 7.33. The molecule has 0 unspecified atom stereocenters. The molecule has 1 aromatic heterocycles. The van der Waals surface area contributed by atoms with E-state index in [1.807, 2.05) is 32.0 Å². The second-order valence-electron chi connectivity index (χ2n) is 4.97. The Morgan fingerprint density at radius 1 is 1.14 bits per heavy atom. The monoisotopic (exact) mass is 298 g/mol. The van der Waals surface area contributed by atoms with Gasteiger partial charge in [0.25, 0.3) is 0 Å². The van der Waals surface area contributed by atoms with Gasteiger partial charge < -0.3 is 10.4 Å².